The van der Waals surface area contributed by atoms with E-state index in [2.05, 4.69) is 17.3 Å². The van der Waals surface area contributed by atoms with Crippen LogP contribution in [-0.4, -0.2) is 45.8 Å². The number of carbonyl (C=O) groups excluding carboxylic acids is 3. The average Bonchev–Trinajstić information content (AvgIpc) is 3.25. The van der Waals surface area contributed by atoms with Crippen LogP contribution in [0.1, 0.15) is 79.9 Å². The van der Waals surface area contributed by atoms with Crippen LogP contribution < -0.4 is 10.2 Å². The Morgan fingerprint density at radius 1 is 1.18 bits per heavy atom. The smallest absolute Gasteiger partial charge is 0.358 e. The maximum absolute atomic E-state index is 13.9. The molecular formula is C26H34N4O4. The molecule has 0 radical (unpaired) electrons. The number of nitrogens with one attached hydrogen (secondary N) is 1. The number of aromatic nitrogens is 2. The summed E-state index contributed by atoms with van der Waals surface area (Å²) in [7, 11) is 0. The molecule has 1 saturated carbocycles. The van der Waals surface area contributed by atoms with Crippen LogP contribution in [0.4, 0.5) is 5.69 Å². The summed E-state index contributed by atoms with van der Waals surface area (Å²) in [5, 5.41) is 7.56. The number of anilines is 1. The van der Waals surface area contributed by atoms with Gasteiger partial charge >= 0.3 is 5.97 Å². The first-order chi connectivity index (χ1) is 16.3. The van der Waals surface area contributed by atoms with E-state index in [-0.39, 0.29) is 42.4 Å². The summed E-state index contributed by atoms with van der Waals surface area (Å²) in [5.41, 5.74) is 0.802. The number of nitrogens with zero attached hydrogens (tertiary/aromatic N) is 3. The van der Waals surface area contributed by atoms with E-state index < -0.39 is 11.5 Å². The normalized spacial score (nSPS) is 24.5. The third-order valence-electron chi connectivity index (χ3n) is 7.09. The van der Waals surface area contributed by atoms with Crippen LogP contribution in [0.5, 0.6) is 0 Å². The number of para-hydroxylation sites is 1. The van der Waals surface area contributed by atoms with Gasteiger partial charge in [-0.25, -0.2) is 4.79 Å². The number of carbonyl (C=O) groups is 3. The van der Waals surface area contributed by atoms with Crippen LogP contribution >= 0.6 is 0 Å². The number of rotatable bonds is 6. The summed E-state index contributed by atoms with van der Waals surface area (Å²) in [5.74, 6) is -0.476. The number of amides is 2. The summed E-state index contributed by atoms with van der Waals surface area (Å²) in [6.07, 6.45) is 4.74. The molecular weight excluding hydrogens is 432 g/mol. The van der Waals surface area contributed by atoms with Crippen molar-refractivity contribution >= 4 is 23.5 Å². The lowest BCUT2D eigenvalue weighted by Crippen LogP contribution is -2.65. The molecule has 4 rings (SSSR count). The van der Waals surface area contributed by atoms with Crippen molar-refractivity contribution in [3.63, 3.8) is 0 Å². The second kappa shape index (κ2) is 9.60. The molecule has 0 spiro atoms. The molecule has 1 fully saturated rings. The summed E-state index contributed by atoms with van der Waals surface area (Å²) >= 11 is 0. The highest BCUT2D eigenvalue weighted by Gasteiger charge is 2.50. The Morgan fingerprint density at radius 3 is 2.56 bits per heavy atom. The minimum absolute atomic E-state index is 0.0693. The minimum Gasteiger partial charge on any atom is -0.461 e. The highest BCUT2D eigenvalue weighted by atomic mass is 16.5. The van der Waals surface area contributed by atoms with Gasteiger partial charge in [0.15, 0.2) is 5.69 Å². The van der Waals surface area contributed by atoms with Gasteiger partial charge < -0.3 is 10.1 Å². The van der Waals surface area contributed by atoms with Crippen molar-refractivity contribution in [2.75, 3.05) is 11.5 Å². The highest BCUT2D eigenvalue weighted by molar-refractivity contribution is 6.12. The zero-order valence-corrected chi connectivity index (χ0v) is 20.5. The Labute approximate surface area is 200 Å². The quantitative estimate of drug-likeness (QED) is 0.655. The number of ether oxygens (including phenoxy) is 1. The Hall–Kier alpha value is -3.16. The molecule has 34 heavy (non-hydrogen) atoms. The topological polar surface area (TPSA) is 93.5 Å². The third kappa shape index (κ3) is 4.33. The number of benzene rings is 1. The summed E-state index contributed by atoms with van der Waals surface area (Å²) < 4.78 is 6.55. The third-order valence-corrected chi connectivity index (χ3v) is 7.09. The molecule has 2 aliphatic rings. The van der Waals surface area contributed by atoms with Crippen molar-refractivity contribution in [1.29, 1.82) is 0 Å². The molecule has 182 valence electrons. The second-order valence-electron chi connectivity index (χ2n) is 9.62. The largest absolute Gasteiger partial charge is 0.461 e. The van der Waals surface area contributed by atoms with E-state index in [4.69, 9.17) is 4.74 Å². The fraction of sp³-hybridized carbons (Fsp3) is 0.538. The summed E-state index contributed by atoms with van der Waals surface area (Å²) in [6, 6.07) is 9.21. The predicted molar refractivity (Wildman–Crippen MR) is 129 cm³/mol. The van der Waals surface area contributed by atoms with E-state index in [1.54, 1.807) is 18.7 Å². The Bertz CT molecular complexity index is 1090. The van der Waals surface area contributed by atoms with Crippen LogP contribution in [-0.2, 0) is 22.5 Å². The maximum atomic E-state index is 13.9. The van der Waals surface area contributed by atoms with E-state index in [0.29, 0.717) is 18.0 Å². The van der Waals surface area contributed by atoms with Crippen molar-refractivity contribution in [1.82, 2.24) is 15.1 Å². The lowest BCUT2D eigenvalue weighted by molar-refractivity contribution is -0.127. The first kappa shape index (κ1) is 24.0. The van der Waals surface area contributed by atoms with Gasteiger partial charge in [0.05, 0.1) is 13.2 Å². The average molecular weight is 467 g/mol. The minimum atomic E-state index is -1.21. The fourth-order valence-electron chi connectivity index (χ4n) is 5.04. The zero-order chi connectivity index (χ0) is 24.5. The molecule has 8 nitrogen and oxygen atoms in total. The molecule has 2 amide bonds. The van der Waals surface area contributed by atoms with Gasteiger partial charge in [0.25, 0.3) is 5.91 Å². The molecule has 1 aliphatic heterocycles. The van der Waals surface area contributed by atoms with Crippen LogP contribution in [0.25, 0.3) is 0 Å². The number of hydrogen-bond donors (Lipinski definition) is 1. The van der Waals surface area contributed by atoms with Gasteiger partial charge in [-0.15, -0.1) is 0 Å². The van der Waals surface area contributed by atoms with Gasteiger partial charge in [-0.05, 0) is 63.5 Å². The maximum Gasteiger partial charge on any atom is 0.358 e. The van der Waals surface area contributed by atoms with Gasteiger partial charge in [-0.2, -0.15) is 5.10 Å². The molecule has 1 aromatic heterocycles. The van der Waals surface area contributed by atoms with Crippen molar-refractivity contribution < 1.29 is 19.1 Å². The summed E-state index contributed by atoms with van der Waals surface area (Å²) in [4.78, 5) is 41.6. The lowest BCUT2D eigenvalue weighted by Gasteiger charge is -2.44. The molecule has 1 atom stereocenters. The van der Waals surface area contributed by atoms with E-state index in [0.717, 1.165) is 31.2 Å². The van der Waals surface area contributed by atoms with Crippen molar-refractivity contribution in [2.24, 2.45) is 5.92 Å². The second-order valence-corrected chi connectivity index (χ2v) is 9.62. The van der Waals surface area contributed by atoms with Crippen molar-refractivity contribution in [2.45, 2.75) is 77.9 Å². The van der Waals surface area contributed by atoms with E-state index in [1.165, 1.54) is 10.7 Å². The van der Waals surface area contributed by atoms with Crippen LogP contribution in [0.3, 0.4) is 0 Å². The molecule has 0 bridgehead atoms. The van der Waals surface area contributed by atoms with Gasteiger partial charge in [0, 0.05) is 17.8 Å². The molecule has 1 aliphatic carbocycles. The Balaban J connectivity index is 1.75. The fourth-order valence-corrected chi connectivity index (χ4v) is 5.04. The SMILES string of the molecule is CCOC(=O)c1cc2n(n1)CC(C)(C(=O)NC1CCC(C)CC1)N(c1ccccc1CC)C2=O. The number of fused-ring (bicyclic) bond motifs is 1. The van der Waals surface area contributed by atoms with Gasteiger partial charge in [0.2, 0.25) is 5.91 Å². The number of esters is 1. The predicted octanol–water partition coefficient (Wildman–Crippen LogP) is 3.74. The van der Waals surface area contributed by atoms with Gasteiger partial charge in [-0.1, -0.05) is 32.0 Å². The van der Waals surface area contributed by atoms with Crippen molar-refractivity contribution in [3.8, 4) is 0 Å². The molecule has 1 unspecified atom stereocenters. The van der Waals surface area contributed by atoms with Gasteiger partial charge in [0.1, 0.15) is 11.2 Å². The lowest BCUT2D eigenvalue weighted by atomic mass is 9.86. The monoisotopic (exact) mass is 466 g/mol. The number of aryl methyl sites for hydroxylation is 1. The summed E-state index contributed by atoms with van der Waals surface area (Å²) in [6.45, 7) is 8.12. The van der Waals surface area contributed by atoms with Crippen LogP contribution in [0.2, 0.25) is 0 Å². The standard InChI is InChI=1S/C26H34N4O4/c1-5-18-9-7-8-10-21(18)30-23(31)22-15-20(24(32)34-6-2)28-29(22)16-26(30,4)25(33)27-19-13-11-17(3)12-14-19/h7-10,15,17,19H,5-6,11-14,16H2,1-4H3,(H,27,33). The molecule has 2 aromatic rings. The van der Waals surface area contributed by atoms with Crippen LogP contribution in [0.15, 0.2) is 30.3 Å². The number of hydrogen-bond acceptors (Lipinski definition) is 5. The van der Waals surface area contributed by atoms with Crippen LogP contribution in [0, 0.1) is 5.92 Å². The first-order valence-electron chi connectivity index (χ1n) is 12.3. The Kier molecular flexibility index (Phi) is 6.77. The zero-order valence-electron chi connectivity index (χ0n) is 20.5. The highest BCUT2D eigenvalue weighted by Crippen LogP contribution is 2.35. The van der Waals surface area contributed by atoms with E-state index in [9.17, 15) is 14.4 Å². The molecule has 0 saturated heterocycles. The molecule has 2 heterocycles. The van der Waals surface area contributed by atoms with E-state index in [1.807, 2.05) is 31.2 Å². The molecule has 1 aromatic carbocycles. The Morgan fingerprint density at radius 2 is 1.88 bits per heavy atom. The first-order valence-corrected chi connectivity index (χ1v) is 12.3. The van der Waals surface area contributed by atoms with E-state index >= 15 is 0 Å². The van der Waals surface area contributed by atoms with Gasteiger partial charge in [-0.3, -0.25) is 19.2 Å². The molecule has 1 N–H and O–H groups in total. The van der Waals surface area contributed by atoms with Crippen molar-refractivity contribution in [3.05, 3.63) is 47.3 Å². The molecule has 8 heteroatoms.